The summed E-state index contributed by atoms with van der Waals surface area (Å²) in [4.78, 5) is 6.68. The molecular weight excluding hydrogens is 1850 g/mol. The second kappa shape index (κ2) is 89.1. The summed E-state index contributed by atoms with van der Waals surface area (Å²) < 4.78 is 217. The van der Waals surface area contributed by atoms with Gasteiger partial charge < -0.3 is 81.3 Å². The van der Waals surface area contributed by atoms with Crippen LogP contribution < -0.4 is 236 Å². The molecule has 0 aliphatic carbocycles. The van der Waals surface area contributed by atoms with Crippen molar-refractivity contribution in [2.45, 2.75) is 126 Å². The van der Waals surface area contributed by atoms with E-state index >= 15 is 0 Å². The van der Waals surface area contributed by atoms with Gasteiger partial charge in [-0.05, 0) is 67.1 Å². The Morgan fingerprint density at radius 1 is 0.286 bits per heavy atom. The zero-order valence-electron chi connectivity index (χ0n) is 59.6. The van der Waals surface area contributed by atoms with Crippen LogP contribution in [-0.2, 0) is 83.9 Å². The summed E-state index contributed by atoms with van der Waals surface area (Å²) in [5, 5.41) is 64.2. The number of benzene rings is 3. The van der Waals surface area contributed by atoms with Crippen LogP contribution >= 0.6 is 129 Å². The van der Waals surface area contributed by atoms with Gasteiger partial charge in [0, 0.05) is 22.8 Å². The van der Waals surface area contributed by atoms with Gasteiger partial charge in [0.05, 0.1) is 74.1 Å². The standard InChI is InChI=1S/C19H30O5S5.C15H22O5S5.C14H20O2S3.8Na.6O3S/c1-4-7-11-27-18-14(20)16(25-9-5-2)17(26-10-6-3)15(21)19(18)28-12-8-13-29(22,23)24;1-4-7-23-14-10(16)12(21-5-2)13(22-6-3)11(17)15(14)24-8-9-25(18,19)20;1-5-8-19-12-9(4)10(15)13(17-6-2)14(11(12)16)18-7-3;;;;;;;;;6*1-4(2)3/h20-21H,2-13H2,1H3,(H,22,23,24);16-17H,2-9H2,1H3,(H,18,19,20);15-16H,2-3,5-8H2,1,4H3;;;;;;;;;;;;;;/q3*-2;8*+1;;;;;;/p-2. The molecule has 3 aromatic carbocycles. The van der Waals surface area contributed by atoms with Crippen molar-refractivity contribution in [1.29, 1.82) is 0 Å². The summed E-state index contributed by atoms with van der Waals surface area (Å²) in [7, 11) is -27.3. The van der Waals surface area contributed by atoms with Crippen LogP contribution in [0.3, 0.4) is 0 Å². The number of phenolic OH excluding ortho intramolecular Hbond substituents is 6. The van der Waals surface area contributed by atoms with Crippen LogP contribution in [0.4, 0.5) is 0 Å². The largest absolute Gasteiger partial charge is 1.00 e. The van der Waals surface area contributed by atoms with Crippen molar-refractivity contribution in [3.63, 3.8) is 0 Å². The number of unbranched alkanes of at least 4 members (excludes halogenated alkanes) is 1. The molecule has 105 heavy (non-hydrogen) atoms. The van der Waals surface area contributed by atoms with Crippen molar-refractivity contribution in [3.05, 3.63) is 47.1 Å². The quantitative estimate of drug-likeness (QED) is 0.00823. The number of phenols is 6. The first-order chi connectivity index (χ1) is 45.0. The van der Waals surface area contributed by atoms with Gasteiger partial charge >= 0.3 is 300 Å². The third kappa shape index (κ3) is 80.7. The predicted molar refractivity (Wildman–Crippen MR) is 381 cm³/mol. The minimum atomic E-state index is -4.33. The maximum absolute atomic E-state index is 11.0. The third-order valence-electron chi connectivity index (χ3n) is 8.87. The second-order valence-electron chi connectivity index (χ2n) is 15.8. The van der Waals surface area contributed by atoms with Crippen molar-refractivity contribution >= 4 is 213 Å². The van der Waals surface area contributed by atoms with E-state index < -0.39 is 95.4 Å². The van der Waals surface area contributed by atoms with Crippen LogP contribution in [0.15, 0.2) is 53.9 Å². The predicted octanol–water partition coefficient (Wildman–Crippen LogP) is -15.5. The molecular formula is C48H70Na8O30S19. The summed E-state index contributed by atoms with van der Waals surface area (Å²) in [5.41, 5.74) is 0.750. The van der Waals surface area contributed by atoms with Crippen LogP contribution in [-0.4, -0.2) is 207 Å². The molecule has 3 rings (SSSR count). The van der Waals surface area contributed by atoms with E-state index in [9.17, 15) is 56.6 Å². The van der Waals surface area contributed by atoms with E-state index in [1.54, 1.807) is 11.8 Å². The smallest absolute Gasteiger partial charge is 0.748 e. The van der Waals surface area contributed by atoms with Gasteiger partial charge in [-0.25, -0.2) is 16.8 Å². The van der Waals surface area contributed by atoms with E-state index in [2.05, 4.69) is 55.4 Å². The van der Waals surface area contributed by atoms with Crippen molar-refractivity contribution in [3.8, 4) is 34.5 Å². The summed E-state index contributed by atoms with van der Waals surface area (Å²) >= 11 is 15.3. The number of thioether (sulfide) groups is 11. The Morgan fingerprint density at radius 3 is 0.695 bits per heavy atom. The van der Waals surface area contributed by atoms with Gasteiger partial charge in [0.15, 0.2) is 0 Å². The van der Waals surface area contributed by atoms with Crippen molar-refractivity contribution < 1.29 is 369 Å². The van der Waals surface area contributed by atoms with E-state index in [1.807, 2.05) is 13.8 Å². The van der Waals surface area contributed by atoms with Crippen LogP contribution in [0.2, 0.25) is 0 Å². The fourth-order valence-corrected chi connectivity index (χ4v) is 18.6. The first-order valence-corrected chi connectivity index (χ1v) is 46.0. The van der Waals surface area contributed by atoms with Gasteiger partial charge in [-0.15, -0.1) is 181 Å². The minimum absolute atomic E-state index is 0. The molecule has 6 N–H and O–H groups in total. The Hall–Kier alpha value is 5.85. The van der Waals surface area contributed by atoms with Crippen LogP contribution in [0.5, 0.6) is 34.5 Å². The molecule has 0 fully saturated rings. The first kappa shape index (κ1) is 143. The fraction of sp³-hybridized carbons (Fsp3) is 0.500. The Balaban J connectivity index is -0.0000000829. The van der Waals surface area contributed by atoms with Gasteiger partial charge in [-0.2, -0.15) is 59.9 Å². The van der Waals surface area contributed by atoms with Gasteiger partial charge in [0.25, 0.3) is 0 Å². The molecule has 564 valence electrons. The van der Waals surface area contributed by atoms with Gasteiger partial charge in [-0.3, -0.25) is 0 Å². The monoisotopic (exact) mass is 1920 g/mol. The molecule has 0 spiro atoms. The molecule has 30 nitrogen and oxygen atoms in total. The van der Waals surface area contributed by atoms with Crippen molar-refractivity contribution in [2.24, 2.45) is 0 Å². The molecule has 3 aromatic rings. The first-order valence-electron chi connectivity index (χ1n) is 26.0. The Morgan fingerprint density at radius 2 is 0.476 bits per heavy atom. The van der Waals surface area contributed by atoms with Crippen LogP contribution in [0.1, 0.15) is 71.3 Å². The SMILES string of the molecule is O=S(=O)=O.O=S(=O)=O.O=S(=O)=O.O=S(=O)=O.O=S(=O)=O.O=S(=O)=O.[CH2-]CCSc1c(O)c(SCCCC)c(SCCCS(=O)(=O)[O-])c(O)c1SCC[CH2-].[CH2-]CSc1c(O)c(C)c(SCCC)c(O)c1SC[CH2-].[CH2-]CSc1c(O)c(SCCC)c(SCCS(=O)(=O)[O-])c(O)c1SC[CH2-].[Na+].[Na+].[Na+].[Na+].[Na+].[Na+].[Na+].[Na+]. The van der Waals surface area contributed by atoms with Gasteiger partial charge in [-0.1, -0.05) is 27.2 Å². The maximum atomic E-state index is 11.0. The fourth-order valence-electron chi connectivity index (χ4n) is 5.70. The molecule has 0 aromatic heterocycles. The normalized spacial score (nSPS) is 9.45. The van der Waals surface area contributed by atoms with E-state index in [4.69, 9.17) is 75.8 Å². The number of hydrogen-bond donors (Lipinski definition) is 6. The summed E-state index contributed by atoms with van der Waals surface area (Å²) in [6.45, 7) is 30.9. The topological polar surface area (TPSA) is 543 Å². The van der Waals surface area contributed by atoms with E-state index in [-0.39, 0.29) is 283 Å². The van der Waals surface area contributed by atoms with Crippen LogP contribution in [0.25, 0.3) is 0 Å². The average Bonchev–Trinajstić information content (AvgIpc) is 0.800. The van der Waals surface area contributed by atoms with Gasteiger partial charge in [0.1, 0.15) is 34.5 Å². The summed E-state index contributed by atoms with van der Waals surface area (Å²) in [6, 6.07) is 0. The number of hydrogen-bond acceptors (Lipinski definition) is 41. The molecule has 57 heteroatoms. The molecule has 0 atom stereocenters. The number of rotatable bonds is 33. The second-order valence-corrected chi connectivity index (χ2v) is 33.5. The molecule has 0 unspecified atom stereocenters. The molecule has 0 aliphatic heterocycles. The zero-order chi connectivity index (χ0) is 76.8. The molecule has 0 saturated carbocycles. The maximum Gasteiger partial charge on any atom is 1.00 e. The molecule has 0 radical (unpaired) electrons. The molecule has 0 bridgehead atoms. The van der Waals surface area contributed by atoms with E-state index in [0.717, 1.165) is 80.7 Å². The van der Waals surface area contributed by atoms with Gasteiger partial charge in [0.2, 0.25) is 0 Å². The van der Waals surface area contributed by atoms with Crippen LogP contribution in [0, 0.1) is 48.5 Å². The average molecular weight is 1920 g/mol. The van der Waals surface area contributed by atoms with E-state index in [1.165, 1.54) is 106 Å². The number of aromatic hydroxyl groups is 6. The molecule has 0 aliphatic rings. The molecule has 0 saturated heterocycles. The minimum Gasteiger partial charge on any atom is -0.748 e. The van der Waals surface area contributed by atoms with Crippen molar-refractivity contribution in [2.75, 3.05) is 74.8 Å². The Labute approximate surface area is 849 Å². The zero-order valence-corrected chi connectivity index (χ0v) is 91.1. The summed E-state index contributed by atoms with van der Waals surface area (Å²) in [6.07, 6.45) is 5.46. The molecule has 0 amide bonds. The van der Waals surface area contributed by atoms with Crippen molar-refractivity contribution in [1.82, 2.24) is 0 Å². The third-order valence-corrected chi connectivity index (χ3v) is 23.3. The Kier molecular flexibility index (Phi) is 121. The van der Waals surface area contributed by atoms with E-state index in [0.29, 0.717) is 86.5 Å². The summed E-state index contributed by atoms with van der Waals surface area (Å²) in [5.74, 6) is 6.30. The molecule has 0 heterocycles. The Bertz CT molecular complexity index is 3570.